The number of aryl methyl sites for hydroxylation is 1. The number of carboxylic acids is 1. The molecule has 5 nitrogen and oxygen atoms in total. The zero-order chi connectivity index (χ0) is 9.42. The molecule has 0 saturated carbocycles. The first kappa shape index (κ1) is 10.5. The van der Waals surface area contributed by atoms with E-state index in [1.165, 1.54) is 10.7 Å². The summed E-state index contributed by atoms with van der Waals surface area (Å²) in [7, 11) is 1.67. The number of aromatic nitrogens is 3. The summed E-state index contributed by atoms with van der Waals surface area (Å²) in [4.78, 5) is 10.8. The van der Waals surface area contributed by atoms with Gasteiger partial charge in [-0.15, -0.1) is 17.5 Å². The minimum Gasteiger partial charge on any atom is -0.478 e. The van der Waals surface area contributed by atoms with E-state index in [0.717, 1.165) is 0 Å². The molecule has 0 aliphatic rings. The zero-order valence-corrected chi connectivity index (χ0v) is 8.15. The molecule has 0 unspecified atom stereocenters. The molecule has 1 N–H and O–H groups in total. The van der Waals surface area contributed by atoms with Crippen LogP contribution in [0.5, 0.6) is 0 Å². The van der Waals surface area contributed by atoms with E-state index in [-0.39, 0.29) is 18.0 Å². The summed E-state index contributed by atoms with van der Waals surface area (Å²) in [6, 6.07) is 4.92. The van der Waals surface area contributed by atoms with Crippen molar-refractivity contribution >= 4 is 29.4 Å². The third kappa shape index (κ3) is 1.42. The van der Waals surface area contributed by atoms with Crippen molar-refractivity contribution in [3.63, 3.8) is 0 Å². The molecule has 0 atom stereocenters. The number of fused-ring (bicyclic) bond motifs is 1. The average molecular weight is 214 g/mol. The lowest BCUT2D eigenvalue weighted by atomic mass is 10.2. The SMILES string of the molecule is Cl.Cn1nnc2cccc(C(=O)O)c21. The van der Waals surface area contributed by atoms with Gasteiger partial charge < -0.3 is 5.11 Å². The van der Waals surface area contributed by atoms with E-state index in [9.17, 15) is 4.79 Å². The van der Waals surface area contributed by atoms with E-state index in [0.29, 0.717) is 11.0 Å². The van der Waals surface area contributed by atoms with Gasteiger partial charge in [-0.1, -0.05) is 11.3 Å². The summed E-state index contributed by atoms with van der Waals surface area (Å²) in [5.41, 5.74) is 1.38. The highest BCUT2D eigenvalue weighted by molar-refractivity contribution is 6.00. The van der Waals surface area contributed by atoms with Crippen molar-refractivity contribution in [2.75, 3.05) is 0 Å². The van der Waals surface area contributed by atoms with Crippen molar-refractivity contribution < 1.29 is 9.90 Å². The topological polar surface area (TPSA) is 68.0 Å². The first-order valence-corrected chi connectivity index (χ1v) is 3.72. The third-order valence-electron chi connectivity index (χ3n) is 1.86. The summed E-state index contributed by atoms with van der Waals surface area (Å²) in [6.45, 7) is 0. The Morgan fingerprint density at radius 3 is 2.86 bits per heavy atom. The van der Waals surface area contributed by atoms with Crippen LogP contribution in [0.4, 0.5) is 0 Å². The Hall–Kier alpha value is -1.62. The van der Waals surface area contributed by atoms with Gasteiger partial charge in [0.05, 0.1) is 5.56 Å². The van der Waals surface area contributed by atoms with Crippen molar-refractivity contribution in [1.82, 2.24) is 15.0 Å². The second-order valence-corrected chi connectivity index (χ2v) is 2.69. The molecule has 14 heavy (non-hydrogen) atoms. The van der Waals surface area contributed by atoms with E-state index in [1.54, 1.807) is 19.2 Å². The number of aromatic carboxylic acids is 1. The van der Waals surface area contributed by atoms with Crippen LogP contribution < -0.4 is 0 Å². The Kier molecular flexibility index (Phi) is 2.71. The molecule has 1 heterocycles. The molecular formula is C8H8ClN3O2. The van der Waals surface area contributed by atoms with Crippen molar-refractivity contribution in [1.29, 1.82) is 0 Å². The number of carboxylic acid groups (broad SMARTS) is 1. The Balaban J connectivity index is 0.000000980. The molecule has 0 fully saturated rings. The van der Waals surface area contributed by atoms with Crippen LogP contribution >= 0.6 is 12.4 Å². The minimum atomic E-state index is -0.962. The molecule has 0 amide bonds. The van der Waals surface area contributed by atoms with Crippen LogP contribution in [0.15, 0.2) is 18.2 Å². The van der Waals surface area contributed by atoms with Gasteiger partial charge in [0.1, 0.15) is 11.0 Å². The largest absolute Gasteiger partial charge is 0.478 e. The van der Waals surface area contributed by atoms with Crippen LogP contribution in [-0.2, 0) is 7.05 Å². The summed E-state index contributed by atoms with van der Waals surface area (Å²) in [5.74, 6) is -0.962. The van der Waals surface area contributed by atoms with E-state index in [2.05, 4.69) is 10.3 Å². The fourth-order valence-electron chi connectivity index (χ4n) is 1.28. The lowest BCUT2D eigenvalue weighted by Gasteiger charge is -1.96. The number of benzene rings is 1. The first-order valence-electron chi connectivity index (χ1n) is 3.72. The van der Waals surface area contributed by atoms with E-state index >= 15 is 0 Å². The maximum atomic E-state index is 10.8. The molecule has 6 heteroatoms. The Morgan fingerprint density at radius 2 is 2.21 bits per heavy atom. The molecule has 74 valence electrons. The Labute approximate surface area is 85.7 Å². The fraction of sp³-hybridized carbons (Fsp3) is 0.125. The van der Waals surface area contributed by atoms with Crippen LogP contribution in [0.25, 0.3) is 11.0 Å². The smallest absolute Gasteiger partial charge is 0.337 e. The van der Waals surface area contributed by atoms with Gasteiger partial charge in [0, 0.05) is 7.05 Å². The second kappa shape index (κ2) is 3.63. The van der Waals surface area contributed by atoms with Gasteiger partial charge in [-0.2, -0.15) is 0 Å². The Bertz CT molecular complexity index is 480. The van der Waals surface area contributed by atoms with E-state index in [4.69, 9.17) is 5.11 Å². The molecule has 0 aliphatic carbocycles. The van der Waals surface area contributed by atoms with Crippen LogP contribution in [0, 0.1) is 0 Å². The lowest BCUT2D eigenvalue weighted by Crippen LogP contribution is -2.00. The van der Waals surface area contributed by atoms with Crippen molar-refractivity contribution in [3.05, 3.63) is 23.8 Å². The molecule has 0 aliphatic heterocycles. The molecule has 0 radical (unpaired) electrons. The standard InChI is InChI=1S/C8H7N3O2.ClH/c1-11-7-5(8(12)13)3-2-4-6(7)9-10-11;/h2-4H,1H3,(H,12,13);1H. The predicted molar refractivity (Wildman–Crippen MR) is 52.7 cm³/mol. The third-order valence-corrected chi connectivity index (χ3v) is 1.86. The number of carbonyl (C=O) groups is 1. The highest BCUT2D eigenvalue weighted by atomic mass is 35.5. The number of para-hydroxylation sites is 1. The minimum absolute atomic E-state index is 0. The van der Waals surface area contributed by atoms with E-state index < -0.39 is 5.97 Å². The van der Waals surface area contributed by atoms with E-state index in [1.807, 2.05) is 0 Å². The molecule has 0 saturated heterocycles. The highest BCUT2D eigenvalue weighted by Gasteiger charge is 2.11. The fourth-order valence-corrected chi connectivity index (χ4v) is 1.28. The zero-order valence-electron chi connectivity index (χ0n) is 7.34. The number of halogens is 1. The maximum absolute atomic E-state index is 10.8. The lowest BCUT2D eigenvalue weighted by molar-refractivity contribution is 0.0698. The quantitative estimate of drug-likeness (QED) is 0.770. The van der Waals surface area contributed by atoms with Crippen LogP contribution in [0.1, 0.15) is 10.4 Å². The Morgan fingerprint density at radius 1 is 1.50 bits per heavy atom. The number of hydrogen-bond acceptors (Lipinski definition) is 3. The highest BCUT2D eigenvalue weighted by Crippen LogP contribution is 2.14. The van der Waals surface area contributed by atoms with Crippen LogP contribution in [-0.4, -0.2) is 26.1 Å². The number of rotatable bonds is 1. The molecular weight excluding hydrogens is 206 g/mol. The normalized spacial score (nSPS) is 9.79. The van der Waals surface area contributed by atoms with Crippen LogP contribution in [0.3, 0.4) is 0 Å². The van der Waals surface area contributed by atoms with Crippen molar-refractivity contribution in [3.8, 4) is 0 Å². The van der Waals surface area contributed by atoms with Gasteiger partial charge >= 0.3 is 5.97 Å². The molecule has 0 bridgehead atoms. The summed E-state index contributed by atoms with van der Waals surface area (Å²) in [6.07, 6.45) is 0. The van der Waals surface area contributed by atoms with Gasteiger partial charge in [0.15, 0.2) is 0 Å². The summed E-state index contributed by atoms with van der Waals surface area (Å²) in [5, 5.41) is 16.4. The maximum Gasteiger partial charge on any atom is 0.337 e. The number of hydrogen-bond donors (Lipinski definition) is 1. The van der Waals surface area contributed by atoms with Crippen LogP contribution in [0.2, 0.25) is 0 Å². The van der Waals surface area contributed by atoms with Crippen molar-refractivity contribution in [2.24, 2.45) is 7.05 Å². The molecule has 2 aromatic rings. The number of nitrogens with zero attached hydrogens (tertiary/aromatic N) is 3. The molecule has 1 aromatic carbocycles. The summed E-state index contributed by atoms with van der Waals surface area (Å²) >= 11 is 0. The molecule has 2 rings (SSSR count). The monoisotopic (exact) mass is 213 g/mol. The van der Waals surface area contributed by atoms with Gasteiger partial charge in [-0.05, 0) is 12.1 Å². The van der Waals surface area contributed by atoms with Crippen molar-refractivity contribution in [2.45, 2.75) is 0 Å². The molecule has 1 aromatic heterocycles. The van der Waals surface area contributed by atoms with Gasteiger partial charge in [-0.3, -0.25) is 0 Å². The predicted octanol–water partition coefficient (Wildman–Crippen LogP) is 1.09. The van der Waals surface area contributed by atoms with Gasteiger partial charge in [0.2, 0.25) is 0 Å². The average Bonchev–Trinajstić information content (AvgIpc) is 2.48. The summed E-state index contributed by atoms with van der Waals surface area (Å²) < 4.78 is 1.46. The second-order valence-electron chi connectivity index (χ2n) is 2.69. The first-order chi connectivity index (χ1) is 6.20. The van der Waals surface area contributed by atoms with Gasteiger partial charge in [0.25, 0.3) is 0 Å². The van der Waals surface area contributed by atoms with Gasteiger partial charge in [-0.25, -0.2) is 9.48 Å². The molecule has 0 spiro atoms.